The maximum atomic E-state index is 12.6. The third-order valence-electron chi connectivity index (χ3n) is 4.10. The van der Waals surface area contributed by atoms with Gasteiger partial charge in [-0.05, 0) is 18.1 Å². The maximum absolute atomic E-state index is 12.6. The Balaban J connectivity index is 2.28. The van der Waals surface area contributed by atoms with Gasteiger partial charge in [-0.15, -0.1) is 0 Å². The first-order valence-electron chi connectivity index (χ1n) is 7.70. The Morgan fingerprint density at radius 3 is 2.83 bits per heavy atom. The summed E-state index contributed by atoms with van der Waals surface area (Å²) in [5.41, 5.74) is 1.79. The molecular formula is C17H23N3O3. The lowest BCUT2D eigenvalue weighted by atomic mass is 9.99. The van der Waals surface area contributed by atoms with Crippen LogP contribution in [0, 0.1) is 5.92 Å². The van der Waals surface area contributed by atoms with Crippen LogP contribution < -0.4 is 10.1 Å². The van der Waals surface area contributed by atoms with Crippen molar-refractivity contribution in [1.82, 2.24) is 15.5 Å². The number of aliphatic hydroxyl groups excluding tert-OH is 1. The molecule has 0 aliphatic heterocycles. The first kappa shape index (κ1) is 17.0. The highest BCUT2D eigenvalue weighted by Crippen LogP contribution is 2.30. The maximum Gasteiger partial charge on any atom is 0.255 e. The van der Waals surface area contributed by atoms with Crippen molar-refractivity contribution >= 4 is 5.91 Å². The molecule has 0 radical (unpaired) electrons. The van der Waals surface area contributed by atoms with Gasteiger partial charge in [0, 0.05) is 5.56 Å². The Bertz CT molecular complexity index is 654. The summed E-state index contributed by atoms with van der Waals surface area (Å²) in [6, 6.07) is 7.14. The lowest BCUT2D eigenvalue weighted by Gasteiger charge is -2.22. The second-order valence-electron chi connectivity index (χ2n) is 5.51. The standard InChI is InChI=1S/C17H23N3O3/c1-4-11(2)14(10-21)19-17(22)13-9-18-20-16(13)12-7-5-6-8-15(12)23-3/h5-9,11,14,21H,4,10H2,1-3H3,(H,18,20)(H,19,22)/t11-,14-/m0/s1. The number of H-pyrrole nitrogens is 1. The Morgan fingerprint density at radius 1 is 1.43 bits per heavy atom. The normalized spacial score (nSPS) is 13.4. The molecule has 1 aromatic heterocycles. The van der Waals surface area contributed by atoms with Crippen LogP contribution in [0.1, 0.15) is 30.6 Å². The number of benzene rings is 1. The number of aromatic amines is 1. The molecular weight excluding hydrogens is 294 g/mol. The molecule has 0 aliphatic carbocycles. The lowest BCUT2D eigenvalue weighted by molar-refractivity contribution is 0.0892. The number of para-hydroxylation sites is 1. The molecule has 0 aliphatic rings. The van der Waals surface area contributed by atoms with Crippen LogP contribution in [-0.2, 0) is 0 Å². The van der Waals surface area contributed by atoms with E-state index in [1.54, 1.807) is 7.11 Å². The highest BCUT2D eigenvalue weighted by Gasteiger charge is 2.22. The van der Waals surface area contributed by atoms with Crippen LogP contribution in [0.5, 0.6) is 5.75 Å². The van der Waals surface area contributed by atoms with E-state index in [4.69, 9.17) is 4.74 Å². The monoisotopic (exact) mass is 317 g/mol. The quantitative estimate of drug-likeness (QED) is 0.731. The number of rotatable bonds is 7. The summed E-state index contributed by atoms with van der Waals surface area (Å²) < 4.78 is 5.34. The highest BCUT2D eigenvalue weighted by atomic mass is 16.5. The fourth-order valence-electron chi connectivity index (χ4n) is 2.41. The number of nitrogens with zero attached hydrogens (tertiary/aromatic N) is 1. The van der Waals surface area contributed by atoms with Gasteiger partial charge in [-0.25, -0.2) is 0 Å². The van der Waals surface area contributed by atoms with Crippen molar-refractivity contribution in [1.29, 1.82) is 0 Å². The second kappa shape index (κ2) is 7.78. The van der Waals surface area contributed by atoms with Gasteiger partial charge in [0.1, 0.15) is 5.75 Å². The zero-order valence-corrected chi connectivity index (χ0v) is 13.7. The molecule has 1 heterocycles. The summed E-state index contributed by atoms with van der Waals surface area (Å²) >= 11 is 0. The van der Waals surface area contributed by atoms with E-state index in [0.29, 0.717) is 17.0 Å². The average Bonchev–Trinajstić information content (AvgIpc) is 3.08. The summed E-state index contributed by atoms with van der Waals surface area (Å²) in [6.45, 7) is 3.93. The average molecular weight is 317 g/mol. The van der Waals surface area contributed by atoms with Crippen molar-refractivity contribution in [2.45, 2.75) is 26.3 Å². The minimum atomic E-state index is -0.284. The van der Waals surface area contributed by atoms with Crippen LogP contribution in [0.2, 0.25) is 0 Å². The van der Waals surface area contributed by atoms with Crippen molar-refractivity contribution in [3.05, 3.63) is 36.0 Å². The third kappa shape index (κ3) is 3.71. The van der Waals surface area contributed by atoms with Gasteiger partial charge in [0.15, 0.2) is 0 Å². The number of carbonyl (C=O) groups excluding carboxylic acids is 1. The molecule has 0 saturated heterocycles. The van der Waals surface area contributed by atoms with E-state index in [9.17, 15) is 9.90 Å². The van der Waals surface area contributed by atoms with Gasteiger partial charge in [-0.2, -0.15) is 5.10 Å². The first-order valence-corrected chi connectivity index (χ1v) is 7.70. The fourth-order valence-corrected chi connectivity index (χ4v) is 2.41. The zero-order valence-electron chi connectivity index (χ0n) is 13.7. The molecule has 23 heavy (non-hydrogen) atoms. The van der Waals surface area contributed by atoms with Gasteiger partial charge in [0.2, 0.25) is 0 Å². The van der Waals surface area contributed by atoms with Gasteiger partial charge in [-0.1, -0.05) is 32.4 Å². The van der Waals surface area contributed by atoms with Gasteiger partial charge < -0.3 is 15.2 Å². The van der Waals surface area contributed by atoms with Gasteiger partial charge in [0.05, 0.1) is 37.2 Å². The molecule has 0 saturated carbocycles. The second-order valence-corrected chi connectivity index (χ2v) is 5.51. The van der Waals surface area contributed by atoms with Crippen LogP contribution in [-0.4, -0.2) is 41.0 Å². The Labute approximate surface area is 135 Å². The van der Waals surface area contributed by atoms with Crippen LogP contribution >= 0.6 is 0 Å². The van der Waals surface area contributed by atoms with Crippen LogP contribution in [0.4, 0.5) is 0 Å². The summed E-state index contributed by atoms with van der Waals surface area (Å²) in [4.78, 5) is 12.6. The lowest BCUT2D eigenvalue weighted by Crippen LogP contribution is -2.41. The fraction of sp³-hybridized carbons (Fsp3) is 0.412. The van der Waals surface area contributed by atoms with Crippen LogP contribution in [0.25, 0.3) is 11.3 Å². The molecule has 0 spiro atoms. The predicted octanol–water partition coefficient (Wildman–Crippen LogP) is 2.22. The Hall–Kier alpha value is -2.34. The predicted molar refractivity (Wildman–Crippen MR) is 88.4 cm³/mol. The van der Waals surface area contributed by atoms with Crippen LogP contribution in [0.3, 0.4) is 0 Å². The molecule has 6 heteroatoms. The number of carbonyl (C=O) groups is 1. The number of aliphatic hydroxyl groups is 1. The molecule has 124 valence electrons. The number of ether oxygens (including phenoxy) is 1. The van der Waals surface area contributed by atoms with E-state index in [2.05, 4.69) is 15.5 Å². The molecule has 1 aromatic carbocycles. The van der Waals surface area contributed by atoms with E-state index >= 15 is 0 Å². The molecule has 3 N–H and O–H groups in total. The molecule has 2 atom stereocenters. The van der Waals surface area contributed by atoms with E-state index in [-0.39, 0.29) is 24.5 Å². The molecule has 6 nitrogen and oxygen atoms in total. The first-order chi connectivity index (χ1) is 11.1. The summed E-state index contributed by atoms with van der Waals surface area (Å²) in [5.74, 6) is 0.580. The number of methoxy groups -OCH3 is 1. The van der Waals surface area contributed by atoms with Crippen molar-refractivity contribution in [3.63, 3.8) is 0 Å². The van der Waals surface area contributed by atoms with Crippen molar-refractivity contribution in [2.75, 3.05) is 13.7 Å². The summed E-state index contributed by atoms with van der Waals surface area (Å²) in [5, 5.41) is 19.2. The van der Waals surface area contributed by atoms with Crippen molar-refractivity contribution in [3.8, 4) is 17.0 Å². The number of hydrogen-bond acceptors (Lipinski definition) is 4. The molecule has 0 fully saturated rings. The topological polar surface area (TPSA) is 87.2 Å². The largest absolute Gasteiger partial charge is 0.496 e. The third-order valence-corrected chi connectivity index (χ3v) is 4.10. The Morgan fingerprint density at radius 2 is 2.17 bits per heavy atom. The SMILES string of the molecule is CC[C@H](C)[C@H](CO)NC(=O)c1cn[nH]c1-c1ccccc1OC. The van der Waals surface area contributed by atoms with Crippen LogP contribution in [0.15, 0.2) is 30.5 Å². The highest BCUT2D eigenvalue weighted by molar-refractivity contribution is 6.00. The van der Waals surface area contributed by atoms with Gasteiger partial charge >= 0.3 is 0 Å². The number of aromatic nitrogens is 2. The minimum Gasteiger partial charge on any atom is -0.496 e. The van der Waals surface area contributed by atoms with Gasteiger partial charge in [0.25, 0.3) is 5.91 Å². The number of hydrogen-bond donors (Lipinski definition) is 3. The molecule has 2 aromatic rings. The van der Waals surface area contributed by atoms with Crippen molar-refractivity contribution < 1.29 is 14.6 Å². The van der Waals surface area contributed by atoms with E-state index in [1.807, 2.05) is 38.1 Å². The van der Waals surface area contributed by atoms with E-state index in [0.717, 1.165) is 12.0 Å². The summed E-state index contributed by atoms with van der Waals surface area (Å²) in [7, 11) is 1.58. The van der Waals surface area contributed by atoms with E-state index in [1.165, 1.54) is 6.20 Å². The smallest absolute Gasteiger partial charge is 0.255 e. The van der Waals surface area contributed by atoms with Gasteiger partial charge in [-0.3, -0.25) is 9.89 Å². The molecule has 0 unspecified atom stereocenters. The van der Waals surface area contributed by atoms with E-state index < -0.39 is 0 Å². The minimum absolute atomic E-state index is 0.0947. The zero-order chi connectivity index (χ0) is 16.8. The molecule has 0 bridgehead atoms. The van der Waals surface area contributed by atoms with Crippen molar-refractivity contribution in [2.24, 2.45) is 5.92 Å². The molecule has 1 amide bonds. The molecule has 2 rings (SSSR count). The summed E-state index contributed by atoms with van der Waals surface area (Å²) in [6.07, 6.45) is 2.36. The number of nitrogens with one attached hydrogen (secondary N) is 2. The Kier molecular flexibility index (Phi) is 5.76. The number of amides is 1.